The molecule has 0 aromatic carbocycles. The third kappa shape index (κ3) is 3.36. The Labute approximate surface area is 126 Å². The molecule has 0 aliphatic heterocycles. The molecule has 0 saturated heterocycles. The summed E-state index contributed by atoms with van der Waals surface area (Å²) in [6, 6.07) is 5.83. The van der Waals surface area contributed by atoms with Gasteiger partial charge in [0.15, 0.2) is 0 Å². The number of nitrogens with zero attached hydrogens (tertiary/aromatic N) is 2. The normalized spacial score (nSPS) is 12.4. The molecule has 3 rings (SSSR count). The van der Waals surface area contributed by atoms with Crippen molar-refractivity contribution in [1.29, 1.82) is 0 Å². The summed E-state index contributed by atoms with van der Waals surface area (Å²) in [5.74, 6) is 0. The third-order valence-electron chi connectivity index (χ3n) is 3.25. The highest BCUT2D eigenvalue weighted by molar-refractivity contribution is 7.07. The number of hydrogen-bond acceptors (Lipinski definition) is 5. The molecule has 5 nitrogen and oxygen atoms in total. The smallest absolute Gasteiger partial charge is 0.0922 e. The summed E-state index contributed by atoms with van der Waals surface area (Å²) in [4.78, 5) is 4.12. The van der Waals surface area contributed by atoms with Crippen LogP contribution in [-0.2, 0) is 6.54 Å². The molecule has 0 spiro atoms. The minimum Gasteiger partial charge on any atom is -0.387 e. The summed E-state index contributed by atoms with van der Waals surface area (Å²) < 4.78 is 0. The molecule has 3 heterocycles. The summed E-state index contributed by atoms with van der Waals surface area (Å²) in [5, 5.41) is 24.3. The minimum atomic E-state index is -0.481. The van der Waals surface area contributed by atoms with Crippen molar-refractivity contribution in [1.82, 2.24) is 20.5 Å². The summed E-state index contributed by atoms with van der Waals surface area (Å²) in [5.41, 5.74) is 3.97. The highest BCUT2D eigenvalue weighted by atomic mass is 32.1. The maximum atomic E-state index is 10.0. The molecule has 0 saturated carbocycles. The van der Waals surface area contributed by atoms with Crippen molar-refractivity contribution in [2.45, 2.75) is 12.6 Å². The van der Waals surface area contributed by atoms with Gasteiger partial charge in [-0.1, -0.05) is 0 Å². The lowest BCUT2D eigenvalue weighted by atomic mass is 10.1. The second kappa shape index (κ2) is 6.62. The van der Waals surface area contributed by atoms with E-state index < -0.39 is 6.10 Å². The Balaban J connectivity index is 1.61. The maximum Gasteiger partial charge on any atom is 0.0922 e. The second-order valence-electron chi connectivity index (χ2n) is 4.72. The Morgan fingerprint density at radius 3 is 3.05 bits per heavy atom. The summed E-state index contributed by atoms with van der Waals surface area (Å²) in [6.45, 7) is 1.15. The van der Waals surface area contributed by atoms with E-state index in [1.165, 1.54) is 0 Å². The number of aromatic nitrogens is 3. The van der Waals surface area contributed by atoms with Crippen LogP contribution in [0.1, 0.15) is 17.2 Å². The van der Waals surface area contributed by atoms with E-state index in [4.69, 9.17) is 0 Å². The quantitative estimate of drug-likeness (QED) is 0.653. The molecule has 0 bridgehead atoms. The van der Waals surface area contributed by atoms with E-state index >= 15 is 0 Å². The number of nitrogens with one attached hydrogen (secondary N) is 2. The van der Waals surface area contributed by atoms with Gasteiger partial charge < -0.3 is 10.4 Å². The molecule has 0 fully saturated rings. The summed E-state index contributed by atoms with van der Waals surface area (Å²) in [7, 11) is 0. The SMILES string of the molecule is OC(CNCc1cn[nH]c1-c1cccnc1)c1ccsc1. The largest absolute Gasteiger partial charge is 0.387 e. The molecule has 3 aromatic rings. The minimum absolute atomic E-state index is 0.481. The lowest BCUT2D eigenvalue weighted by Gasteiger charge is -2.10. The first-order valence-electron chi connectivity index (χ1n) is 6.68. The number of aromatic amines is 1. The van der Waals surface area contributed by atoms with E-state index in [1.54, 1.807) is 29.9 Å². The van der Waals surface area contributed by atoms with Crippen LogP contribution in [0.15, 0.2) is 47.5 Å². The summed E-state index contributed by atoms with van der Waals surface area (Å²) >= 11 is 1.59. The van der Waals surface area contributed by atoms with Gasteiger partial charge in [0.05, 0.1) is 18.0 Å². The van der Waals surface area contributed by atoms with E-state index in [2.05, 4.69) is 20.5 Å². The van der Waals surface area contributed by atoms with E-state index in [1.807, 2.05) is 29.0 Å². The van der Waals surface area contributed by atoms with Gasteiger partial charge >= 0.3 is 0 Å². The van der Waals surface area contributed by atoms with Gasteiger partial charge in [0.2, 0.25) is 0 Å². The molecule has 0 aliphatic rings. The maximum absolute atomic E-state index is 10.0. The van der Waals surface area contributed by atoms with Gasteiger partial charge in [-0.05, 0) is 34.5 Å². The molecule has 0 aliphatic carbocycles. The zero-order valence-electron chi connectivity index (χ0n) is 11.4. The van der Waals surface area contributed by atoms with Crippen LogP contribution in [0.3, 0.4) is 0 Å². The van der Waals surface area contributed by atoms with Crippen LogP contribution in [0.2, 0.25) is 0 Å². The van der Waals surface area contributed by atoms with Gasteiger partial charge in [-0.25, -0.2) is 0 Å². The number of pyridine rings is 1. The van der Waals surface area contributed by atoms with E-state index in [-0.39, 0.29) is 0 Å². The van der Waals surface area contributed by atoms with Crippen LogP contribution >= 0.6 is 11.3 Å². The van der Waals surface area contributed by atoms with Gasteiger partial charge in [0.1, 0.15) is 0 Å². The number of thiophene rings is 1. The molecule has 3 N–H and O–H groups in total. The molecular formula is C15H16N4OS. The number of aliphatic hydroxyl groups excluding tert-OH is 1. The van der Waals surface area contributed by atoms with Gasteiger partial charge in [0, 0.05) is 36.6 Å². The second-order valence-corrected chi connectivity index (χ2v) is 5.50. The number of rotatable bonds is 6. The Bertz CT molecular complexity index is 666. The van der Waals surface area contributed by atoms with Gasteiger partial charge in [-0.15, -0.1) is 0 Å². The monoisotopic (exact) mass is 300 g/mol. The predicted molar refractivity (Wildman–Crippen MR) is 82.8 cm³/mol. The molecule has 108 valence electrons. The predicted octanol–water partition coefficient (Wildman–Crippen LogP) is 2.36. The van der Waals surface area contributed by atoms with Crippen molar-refractivity contribution in [3.05, 3.63) is 58.7 Å². The fourth-order valence-electron chi connectivity index (χ4n) is 2.13. The topological polar surface area (TPSA) is 73.8 Å². The van der Waals surface area contributed by atoms with Crippen molar-refractivity contribution in [3.63, 3.8) is 0 Å². The van der Waals surface area contributed by atoms with Crippen LogP contribution in [0, 0.1) is 0 Å². The lowest BCUT2D eigenvalue weighted by Crippen LogP contribution is -2.20. The van der Waals surface area contributed by atoms with Gasteiger partial charge in [-0.2, -0.15) is 16.4 Å². The lowest BCUT2D eigenvalue weighted by molar-refractivity contribution is 0.175. The third-order valence-corrected chi connectivity index (χ3v) is 3.95. The fraction of sp³-hybridized carbons (Fsp3) is 0.200. The van der Waals surface area contributed by atoms with E-state index in [9.17, 15) is 5.11 Å². The van der Waals surface area contributed by atoms with Crippen LogP contribution in [0.25, 0.3) is 11.3 Å². The molecular weight excluding hydrogens is 284 g/mol. The fourth-order valence-corrected chi connectivity index (χ4v) is 2.84. The van der Waals surface area contributed by atoms with Crippen molar-refractivity contribution < 1.29 is 5.11 Å². The van der Waals surface area contributed by atoms with Gasteiger partial charge in [0.25, 0.3) is 0 Å². The van der Waals surface area contributed by atoms with Crippen molar-refractivity contribution >= 4 is 11.3 Å². The van der Waals surface area contributed by atoms with Crippen molar-refractivity contribution in [2.24, 2.45) is 0 Å². The molecule has 0 radical (unpaired) electrons. The average molecular weight is 300 g/mol. The summed E-state index contributed by atoms with van der Waals surface area (Å²) in [6.07, 6.45) is 4.86. The van der Waals surface area contributed by atoms with Gasteiger partial charge in [-0.3, -0.25) is 10.1 Å². The average Bonchev–Trinajstić information content (AvgIpc) is 3.20. The standard InChI is InChI=1S/C15H16N4OS/c20-14(12-3-5-21-10-12)9-17-7-13-8-18-19-15(13)11-2-1-4-16-6-11/h1-6,8,10,14,17,20H,7,9H2,(H,18,19). The first-order chi connectivity index (χ1) is 10.3. The highest BCUT2D eigenvalue weighted by Gasteiger charge is 2.10. The zero-order chi connectivity index (χ0) is 14.5. The first-order valence-corrected chi connectivity index (χ1v) is 7.62. The Morgan fingerprint density at radius 1 is 1.33 bits per heavy atom. The van der Waals surface area contributed by atoms with E-state index in [0.717, 1.165) is 22.4 Å². The number of hydrogen-bond donors (Lipinski definition) is 3. The number of H-pyrrole nitrogens is 1. The molecule has 1 atom stereocenters. The Hall–Kier alpha value is -2.02. The molecule has 3 aromatic heterocycles. The highest BCUT2D eigenvalue weighted by Crippen LogP contribution is 2.20. The molecule has 21 heavy (non-hydrogen) atoms. The Morgan fingerprint density at radius 2 is 2.29 bits per heavy atom. The van der Waals surface area contributed by atoms with Crippen LogP contribution in [-0.4, -0.2) is 26.8 Å². The molecule has 0 amide bonds. The molecule has 6 heteroatoms. The van der Waals surface area contributed by atoms with Crippen molar-refractivity contribution in [2.75, 3.05) is 6.54 Å². The van der Waals surface area contributed by atoms with Crippen LogP contribution in [0.4, 0.5) is 0 Å². The first kappa shape index (κ1) is 13.9. The van der Waals surface area contributed by atoms with Crippen molar-refractivity contribution in [3.8, 4) is 11.3 Å². The number of aliphatic hydroxyl groups is 1. The molecule has 1 unspecified atom stereocenters. The van der Waals surface area contributed by atoms with E-state index in [0.29, 0.717) is 13.1 Å². The zero-order valence-corrected chi connectivity index (χ0v) is 12.2. The van der Waals surface area contributed by atoms with Crippen LogP contribution in [0.5, 0.6) is 0 Å². The Kier molecular flexibility index (Phi) is 4.40. The van der Waals surface area contributed by atoms with Crippen LogP contribution < -0.4 is 5.32 Å².